The molecule has 1 atom stereocenters. The van der Waals surface area contributed by atoms with Crippen LogP contribution >= 0.6 is 0 Å². The second-order valence-electron chi connectivity index (χ2n) is 7.96. The smallest absolute Gasteiger partial charge is 0.303 e. The van der Waals surface area contributed by atoms with E-state index < -0.39 is 5.97 Å². The highest BCUT2D eigenvalue weighted by Crippen LogP contribution is 2.38. The Labute approximate surface area is 160 Å². The molecule has 142 valence electrons. The van der Waals surface area contributed by atoms with Crippen LogP contribution in [0.3, 0.4) is 0 Å². The average Bonchev–Trinajstić information content (AvgIpc) is 2.68. The minimum absolute atomic E-state index is 0.186. The second-order valence-corrected chi connectivity index (χ2v) is 7.96. The Morgan fingerprint density at radius 3 is 2.48 bits per heavy atom. The number of carbonyl (C=O) groups is 1. The second kappa shape index (κ2) is 7.63. The molecule has 4 heteroatoms. The lowest BCUT2D eigenvalue weighted by molar-refractivity contribution is -0.138. The Hall–Kier alpha value is -2.49. The van der Waals surface area contributed by atoms with Gasteiger partial charge < -0.3 is 15.2 Å². The van der Waals surface area contributed by atoms with Crippen molar-refractivity contribution in [2.75, 3.05) is 11.9 Å². The summed E-state index contributed by atoms with van der Waals surface area (Å²) in [6.45, 7) is 2.92. The zero-order valence-corrected chi connectivity index (χ0v) is 15.8. The number of anilines is 1. The van der Waals surface area contributed by atoms with Crippen molar-refractivity contribution >= 4 is 11.7 Å². The molecule has 27 heavy (non-hydrogen) atoms. The molecule has 1 fully saturated rings. The Bertz CT molecular complexity index is 807. The van der Waals surface area contributed by atoms with Crippen LogP contribution in [0.1, 0.15) is 50.5 Å². The maximum Gasteiger partial charge on any atom is 0.303 e. The van der Waals surface area contributed by atoms with E-state index in [2.05, 4.69) is 54.7 Å². The minimum atomic E-state index is -0.665. The van der Waals surface area contributed by atoms with Crippen LogP contribution in [0.5, 0.6) is 5.75 Å². The van der Waals surface area contributed by atoms with E-state index in [9.17, 15) is 4.79 Å². The zero-order chi connectivity index (χ0) is 18.8. The molecule has 0 saturated heterocycles. The SMILES string of the molecule is CC1CNc2ccc(-c3ccc([C@H]4CC[C@H](CC(=O)O)CC4)cc3)cc2O1. The normalized spacial score (nSPS) is 24.4. The summed E-state index contributed by atoms with van der Waals surface area (Å²) in [5, 5.41) is 12.4. The maximum absolute atomic E-state index is 10.9. The van der Waals surface area contributed by atoms with Gasteiger partial charge in [0.05, 0.1) is 12.2 Å². The number of benzene rings is 2. The van der Waals surface area contributed by atoms with Gasteiger partial charge in [0.1, 0.15) is 11.9 Å². The van der Waals surface area contributed by atoms with Crippen molar-refractivity contribution < 1.29 is 14.6 Å². The lowest BCUT2D eigenvalue weighted by Crippen LogP contribution is -2.27. The Kier molecular flexibility index (Phi) is 5.06. The lowest BCUT2D eigenvalue weighted by Gasteiger charge is -2.28. The average molecular weight is 365 g/mol. The molecule has 2 N–H and O–H groups in total. The fraction of sp³-hybridized carbons (Fsp3) is 0.435. The van der Waals surface area contributed by atoms with Gasteiger partial charge in [0.2, 0.25) is 0 Å². The minimum Gasteiger partial charge on any atom is -0.487 e. The number of rotatable bonds is 4. The topological polar surface area (TPSA) is 58.6 Å². The summed E-state index contributed by atoms with van der Waals surface area (Å²) in [4.78, 5) is 10.9. The van der Waals surface area contributed by atoms with E-state index in [4.69, 9.17) is 9.84 Å². The van der Waals surface area contributed by atoms with Gasteiger partial charge in [-0.05, 0) is 73.3 Å². The van der Waals surface area contributed by atoms with E-state index in [0.29, 0.717) is 18.3 Å². The molecule has 0 spiro atoms. The molecule has 2 aromatic carbocycles. The van der Waals surface area contributed by atoms with Crippen molar-refractivity contribution in [3.8, 4) is 16.9 Å². The van der Waals surface area contributed by atoms with Gasteiger partial charge >= 0.3 is 5.97 Å². The van der Waals surface area contributed by atoms with E-state index in [1.165, 1.54) is 16.7 Å². The van der Waals surface area contributed by atoms with Gasteiger partial charge in [0.15, 0.2) is 0 Å². The number of carboxylic acid groups (broad SMARTS) is 1. The van der Waals surface area contributed by atoms with Crippen LogP contribution in [-0.4, -0.2) is 23.7 Å². The number of aliphatic carboxylic acids is 1. The molecular weight excluding hydrogens is 338 g/mol. The third kappa shape index (κ3) is 4.10. The lowest BCUT2D eigenvalue weighted by atomic mass is 9.77. The molecule has 0 bridgehead atoms. The van der Waals surface area contributed by atoms with E-state index >= 15 is 0 Å². The van der Waals surface area contributed by atoms with Crippen molar-refractivity contribution in [2.24, 2.45) is 5.92 Å². The molecule has 0 radical (unpaired) electrons. The number of nitrogens with one attached hydrogen (secondary N) is 1. The van der Waals surface area contributed by atoms with E-state index in [1.807, 2.05) is 0 Å². The first-order valence-corrected chi connectivity index (χ1v) is 9.95. The molecule has 1 unspecified atom stereocenters. The van der Waals surface area contributed by atoms with Crippen molar-refractivity contribution in [1.29, 1.82) is 0 Å². The van der Waals surface area contributed by atoms with Crippen molar-refractivity contribution in [2.45, 2.75) is 51.0 Å². The molecule has 4 rings (SSSR count). The highest BCUT2D eigenvalue weighted by atomic mass is 16.5. The molecular formula is C23H27NO3. The number of carboxylic acids is 1. The molecule has 1 aliphatic heterocycles. The van der Waals surface area contributed by atoms with E-state index in [0.717, 1.165) is 43.7 Å². The fourth-order valence-corrected chi connectivity index (χ4v) is 4.35. The predicted octanol–water partition coefficient (Wildman–Crippen LogP) is 5.29. The third-order valence-corrected chi connectivity index (χ3v) is 5.92. The largest absolute Gasteiger partial charge is 0.487 e. The van der Waals surface area contributed by atoms with E-state index in [1.54, 1.807) is 0 Å². The van der Waals surface area contributed by atoms with Gasteiger partial charge in [-0.1, -0.05) is 30.3 Å². The summed E-state index contributed by atoms with van der Waals surface area (Å²) in [6.07, 6.45) is 4.73. The van der Waals surface area contributed by atoms with Crippen LogP contribution in [0.4, 0.5) is 5.69 Å². The fourth-order valence-electron chi connectivity index (χ4n) is 4.35. The first-order chi connectivity index (χ1) is 13.1. The first kappa shape index (κ1) is 17.9. The molecule has 4 nitrogen and oxygen atoms in total. The summed E-state index contributed by atoms with van der Waals surface area (Å²) >= 11 is 0. The summed E-state index contributed by atoms with van der Waals surface area (Å²) in [6, 6.07) is 15.2. The molecule has 2 aliphatic rings. The number of fused-ring (bicyclic) bond motifs is 1. The first-order valence-electron chi connectivity index (χ1n) is 9.95. The number of hydrogen-bond acceptors (Lipinski definition) is 3. The molecule has 1 aliphatic carbocycles. The van der Waals surface area contributed by atoms with Crippen LogP contribution in [0, 0.1) is 5.92 Å². The molecule has 2 aromatic rings. The third-order valence-electron chi connectivity index (χ3n) is 5.92. The Morgan fingerprint density at radius 2 is 1.78 bits per heavy atom. The Balaban J connectivity index is 1.44. The molecule has 1 heterocycles. The Morgan fingerprint density at radius 1 is 1.07 bits per heavy atom. The number of ether oxygens (including phenoxy) is 1. The molecule has 0 amide bonds. The highest BCUT2D eigenvalue weighted by molar-refractivity contribution is 5.71. The van der Waals surface area contributed by atoms with Crippen molar-refractivity contribution in [3.63, 3.8) is 0 Å². The monoisotopic (exact) mass is 365 g/mol. The maximum atomic E-state index is 10.9. The van der Waals surface area contributed by atoms with Gasteiger partial charge in [-0.2, -0.15) is 0 Å². The van der Waals surface area contributed by atoms with Crippen molar-refractivity contribution in [1.82, 2.24) is 0 Å². The summed E-state index contributed by atoms with van der Waals surface area (Å²) in [5.41, 5.74) is 4.80. The summed E-state index contributed by atoms with van der Waals surface area (Å²) < 4.78 is 5.95. The predicted molar refractivity (Wildman–Crippen MR) is 107 cm³/mol. The van der Waals surface area contributed by atoms with Crippen molar-refractivity contribution in [3.05, 3.63) is 48.0 Å². The van der Waals surface area contributed by atoms with Gasteiger partial charge in [0.25, 0.3) is 0 Å². The van der Waals surface area contributed by atoms with Crippen LogP contribution < -0.4 is 10.1 Å². The number of hydrogen-bond donors (Lipinski definition) is 2. The van der Waals surface area contributed by atoms with Gasteiger partial charge in [-0.3, -0.25) is 4.79 Å². The van der Waals surface area contributed by atoms with Gasteiger partial charge in [0, 0.05) is 6.42 Å². The van der Waals surface area contributed by atoms with Crippen LogP contribution in [0.2, 0.25) is 0 Å². The summed E-state index contributed by atoms with van der Waals surface area (Å²) in [5.74, 6) is 1.17. The van der Waals surface area contributed by atoms with Crippen LogP contribution in [-0.2, 0) is 4.79 Å². The van der Waals surface area contributed by atoms with Crippen LogP contribution in [0.25, 0.3) is 11.1 Å². The molecule has 0 aromatic heterocycles. The van der Waals surface area contributed by atoms with E-state index in [-0.39, 0.29) is 6.10 Å². The van der Waals surface area contributed by atoms with Gasteiger partial charge in [-0.15, -0.1) is 0 Å². The molecule has 1 saturated carbocycles. The summed E-state index contributed by atoms with van der Waals surface area (Å²) in [7, 11) is 0. The highest BCUT2D eigenvalue weighted by Gasteiger charge is 2.24. The van der Waals surface area contributed by atoms with Gasteiger partial charge in [-0.25, -0.2) is 0 Å². The quantitative estimate of drug-likeness (QED) is 0.772. The van der Waals surface area contributed by atoms with Crippen LogP contribution in [0.15, 0.2) is 42.5 Å². The zero-order valence-electron chi connectivity index (χ0n) is 15.8. The standard InChI is InChI=1S/C23H27NO3/c1-15-14-24-21-11-10-20(13-22(21)27-15)19-8-6-18(7-9-19)17-4-2-16(3-5-17)12-23(25)26/h6-11,13,15-17,24H,2-5,12,14H2,1H3,(H,25,26)/t15?,16-,17-.